The molecule has 0 aromatic carbocycles. The first-order valence-electron chi connectivity index (χ1n) is 7.83. The summed E-state index contributed by atoms with van der Waals surface area (Å²) in [4.78, 5) is 2.59. The van der Waals surface area contributed by atoms with E-state index in [9.17, 15) is 0 Å². The average Bonchev–Trinajstić information content (AvgIpc) is 2.46. The summed E-state index contributed by atoms with van der Waals surface area (Å²) < 4.78 is 5.55. The van der Waals surface area contributed by atoms with Gasteiger partial charge >= 0.3 is 0 Å². The molecule has 0 aromatic rings. The summed E-state index contributed by atoms with van der Waals surface area (Å²) in [6, 6.07) is 0.654. The third-order valence-corrected chi connectivity index (χ3v) is 4.68. The van der Waals surface area contributed by atoms with Crippen LogP contribution in [0.4, 0.5) is 0 Å². The van der Waals surface area contributed by atoms with Gasteiger partial charge < -0.3 is 15.0 Å². The lowest BCUT2D eigenvalue weighted by atomic mass is 9.91. The van der Waals surface area contributed by atoms with Crippen LogP contribution >= 0.6 is 0 Å². The maximum absolute atomic E-state index is 5.55. The van der Waals surface area contributed by atoms with Crippen LogP contribution in [0.2, 0.25) is 0 Å². The highest BCUT2D eigenvalue weighted by atomic mass is 16.5. The topological polar surface area (TPSA) is 24.5 Å². The minimum absolute atomic E-state index is 0.654. The molecule has 2 fully saturated rings. The summed E-state index contributed by atoms with van der Waals surface area (Å²) in [5, 5.41) is 3.76. The third-order valence-electron chi connectivity index (χ3n) is 4.68. The van der Waals surface area contributed by atoms with Crippen LogP contribution in [0.1, 0.15) is 39.5 Å². The first kappa shape index (κ1) is 14.3. The van der Waals surface area contributed by atoms with Crippen molar-refractivity contribution in [2.75, 3.05) is 39.4 Å². The van der Waals surface area contributed by atoms with Gasteiger partial charge in [0.1, 0.15) is 0 Å². The molecule has 0 spiro atoms. The van der Waals surface area contributed by atoms with Gasteiger partial charge in [0, 0.05) is 25.7 Å². The highest BCUT2D eigenvalue weighted by Crippen LogP contribution is 2.20. The lowest BCUT2D eigenvalue weighted by Crippen LogP contribution is -2.46. The minimum Gasteiger partial charge on any atom is -0.381 e. The highest BCUT2D eigenvalue weighted by Gasteiger charge is 2.24. The molecule has 0 radical (unpaired) electrons. The maximum Gasteiger partial charge on any atom is 0.0506 e. The molecule has 1 N–H and O–H groups in total. The SMILES string of the molecule is CCN1CCCC(C(C)NCC2CCCOC2)C1. The Balaban J connectivity index is 1.68. The fourth-order valence-corrected chi connectivity index (χ4v) is 3.27. The quantitative estimate of drug-likeness (QED) is 0.813. The van der Waals surface area contributed by atoms with Gasteiger partial charge in [0.05, 0.1) is 6.61 Å². The summed E-state index contributed by atoms with van der Waals surface area (Å²) in [5.41, 5.74) is 0. The Kier molecular flexibility index (Phi) is 5.93. The molecule has 0 saturated carbocycles. The first-order chi connectivity index (χ1) is 8.79. The molecule has 3 unspecified atom stereocenters. The summed E-state index contributed by atoms with van der Waals surface area (Å²) >= 11 is 0. The molecule has 106 valence electrons. The maximum atomic E-state index is 5.55. The van der Waals surface area contributed by atoms with Crippen molar-refractivity contribution in [1.82, 2.24) is 10.2 Å². The van der Waals surface area contributed by atoms with E-state index in [1.165, 1.54) is 45.3 Å². The van der Waals surface area contributed by atoms with Crippen molar-refractivity contribution in [3.8, 4) is 0 Å². The fourth-order valence-electron chi connectivity index (χ4n) is 3.27. The van der Waals surface area contributed by atoms with E-state index in [2.05, 4.69) is 24.1 Å². The molecule has 0 aliphatic carbocycles. The Morgan fingerprint density at radius 2 is 2.22 bits per heavy atom. The molecular formula is C15H30N2O. The van der Waals surface area contributed by atoms with Crippen molar-refractivity contribution in [3.63, 3.8) is 0 Å². The fraction of sp³-hybridized carbons (Fsp3) is 1.00. The predicted octanol–water partition coefficient (Wildman–Crippen LogP) is 2.12. The van der Waals surface area contributed by atoms with Crippen molar-refractivity contribution in [2.45, 2.75) is 45.6 Å². The highest BCUT2D eigenvalue weighted by molar-refractivity contribution is 4.81. The van der Waals surface area contributed by atoms with Gasteiger partial charge in [-0.3, -0.25) is 0 Å². The number of hydrogen-bond donors (Lipinski definition) is 1. The molecule has 2 rings (SSSR count). The van der Waals surface area contributed by atoms with E-state index >= 15 is 0 Å². The Hall–Kier alpha value is -0.120. The number of rotatable bonds is 5. The molecule has 2 saturated heterocycles. The first-order valence-corrected chi connectivity index (χ1v) is 7.83. The summed E-state index contributed by atoms with van der Waals surface area (Å²) in [5.74, 6) is 1.58. The largest absolute Gasteiger partial charge is 0.381 e. The summed E-state index contributed by atoms with van der Waals surface area (Å²) in [6.07, 6.45) is 5.35. The van der Waals surface area contributed by atoms with Crippen LogP contribution < -0.4 is 5.32 Å². The lowest BCUT2D eigenvalue weighted by Gasteiger charge is -2.36. The van der Waals surface area contributed by atoms with Gasteiger partial charge in [0.15, 0.2) is 0 Å². The summed E-state index contributed by atoms with van der Waals surface area (Å²) in [6.45, 7) is 11.5. The normalized spacial score (nSPS) is 32.3. The predicted molar refractivity (Wildman–Crippen MR) is 75.8 cm³/mol. The van der Waals surface area contributed by atoms with Crippen LogP contribution in [0.25, 0.3) is 0 Å². The van der Waals surface area contributed by atoms with Crippen LogP contribution in [0.5, 0.6) is 0 Å². The molecule has 2 aliphatic rings. The zero-order valence-electron chi connectivity index (χ0n) is 12.2. The standard InChI is InChI=1S/C15H30N2O/c1-3-17-8-4-7-15(11-17)13(2)16-10-14-6-5-9-18-12-14/h13-16H,3-12H2,1-2H3. The van der Waals surface area contributed by atoms with E-state index in [4.69, 9.17) is 4.74 Å². The van der Waals surface area contributed by atoms with E-state index in [0.717, 1.165) is 31.6 Å². The van der Waals surface area contributed by atoms with Gasteiger partial charge in [-0.05, 0) is 57.5 Å². The molecule has 0 aromatic heterocycles. The van der Waals surface area contributed by atoms with E-state index in [1.807, 2.05) is 0 Å². The van der Waals surface area contributed by atoms with Crippen molar-refractivity contribution in [3.05, 3.63) is 0 Å². The zero-order valence-corrected chi connectivity index (χ0v) is 12.2. The Morgan fingerprint density at radius 1 is 1.33 bits per heavy atom. The molecule has 18 heavy (non-hydrogen) atoms. The van der Waals surface area contributed by atoms with Crippen LogP contribution in [-0.2, 0) is 4.74 Å². The monoisotopic (exact) mass is 254 g/mol. The second-order valence-corrected chi connectivity index (χ2v) is 6.08. The number of ether oxygens (including phenoxy) is 1. The Morgan fingerprint density at radius 3 is 2.94 bits per heavy atom. The van der Waals surface area contributed by atoms with Crippen molar-refractivity contribution >= 4 is 0 Å². The Bertz CT molecular complexity index is 229. The van der Waals surface area contributed by atoms with Crippen LogP contribution in [0, 0.1) is 11.8 Å². The van der Waals surface area contributed by atoms with E-state index in [1.54, 1.807) is 0 Å². The average molecular weight is 254 g/mol. The van der Waals surface area contributed by atoms with Crippen LogP contribution in [0.15, 0.2) is 0 Å². The molecule has 3 nitrogen and oxygen atoms in total. The number of nitrogens with zero attached hydrogens (tertiary/aromatic N) is 1. The number of likely N-dealkylation sites (tertiary alicyclic amines) is 1. The van der Waals surface area contributed by atoms with E-state index in [0.29, 0.717) is 6.04 Å². The van der Waals surface area contributed by atoms with Crippen molar-refractivity contribution < 1.29 is 4.74 Å². The van der Waals surface area contributed by atoms with Gasteiger partial charge in [-0.1, -0.05) is 6.92 Å². The van der Waals surface area contributed by atoms with Crippen molar-refractivity contribution in [1.29, 1.82) is 0 Å². The van der Waals surface area contributed by atoms with Gasteiger partial charge in [-0.2, -0.15) is 0 Å². The van der Waals surface area contributed by atoms with E-state index in [-0.39, 0.29) is 0 Å². The molecule has 0 bridgehead atoms. The molecule has 3 atom stereocenters. The van der Waals surface area contributed by atoms with Gasteiger partial charge in [-0.25, -0.2) is 0 Å². The van der Waals surface area contributed by atoms with Gasteiger partial charge in [-0.15, -0.1) is 0 Å². The van der Waals surface area contributed by atoms with Gasteiger partial charge in [0.25, 0.3) is 0 Å². The molecule has 0 amide bonds. The number of nitrogens with one attached hydrogen (secondary N) is 1. The molecule has 2 aliphatic heterocycles. The zero-order chi connectivity index (χ0) is 12.8. The Labute approximate surface area is 112 Å². The van der Waals surface area contributed by atoms with Gasteiger partial charge in [0.2, 0.25) is 0 Å². The molecule has 2 heterocycles. The number of piperidine rings is 1. The second kappa shape index (κ2) is 7.46. The lowest BCUT2D eigenvalue weighted by molar-refractivity contribution is 0.0520. The smallest absolute Gasteiger partial charge is 0.0506 e. The molecule has 3 heteroatoms. The van der Waals surface area contributed by atoms with Crippen LogP contribution in [-0.4, -0.2) is 50.3 Å². The van der Waals surface area contributed by atoms with E-state index < -0.39 is 0 Å². The van der Waals surface area contributed by atoms with Crippen molar-refractivity contribution in [2.24, 2.45) is 11.8 Å². The number of hydrogen-bond acceptors (Lipinski definition) is 3. The summed E-state index contributed by atoms with van der Waals surface area (Å²) in [7, 11) is 0. The van der Waals surface area contributed by atoms with Crippen LogP contribution in [0.3, 0.4) is 0 Å². The second-order valence-electron chi connectivity index (χ2n) is 6.08. The molecular weight excluding hydrogens is 224 g/mol. The minimum atomic E-state index is 0.654. The third kappa shape index (κ3) is 4.22.